The number of fused-ring (bicyclic) bond motifs is 1. The third kappa shape index (κ3) is 6.02. The number of carboxylic acid groups (broad SMARTS) is 1. The average Bonchev–Trinajstić information content (AvgIpc) is 2.79. The van der Waals surface area contributed by atoms with Gasteiger partial charge in [0, 0.05) is 55.4 Å². The van der Waals surface area contributed by atoms with Gasteiger partial charge in [-0.15, -0.1) is 0 Å². The van der Waals surface area contributed by atoms with Gasteiger partial charge < -0.3 is 9.84 Å². The van der Waals surface area contributed by atoms with Crippen LogP contribution >= 0.6 is 23.2 Å². The third-order valence-electron chi connectivity index (χ3n) is 5.64. The lowest BCUT2D eigenvalue weighted by Crippen LogP contribution is -2.35. The summed E-state index contributed by atoms with van der Waals surface area (Å²) in [5.74, 6) is 0.766. The number of ether oxygens (including phenoxy) is 1. The molecule has 0 aliphatic carbocycles. The van der Waals surface area contributed by atoms with Crippen LogP contribution in [0.1, 0.15) is 30.2 Å². The molecule has 0 fully saturated rings. The van der Waals surface area contributed by atoms with E-state index in [-0.39, 0.29) is 12.3 Å². The first-order valence-electron chi connectivity index (χ1n) is 10.8. The van der Waals surface area contributed by atoms with Crippen molar-refractivity contribution in [3.8, 4) is 17.1 Å². The number of nitrogens with zero attached hydrogens (tertiary/aromatic N) is 3. The number of carboxylic acids is 1. The van der Waals surface area contributed by atoms with Gasteiger partial charge in [0.15, 0.2) is 5.82 Å². The van der Waals surface area contributed by atoms with Gasteiger partial charge >= 0.3 is 5.97 Å². The first-order valence-corrected chi connectivity index (χ1v) is 11.6. The third-order valence-corrected chi connectivity index (χ3v) is 6.50. The van der Waals surface area contributed by atoms with Crippen LogP contribution in [0.5, 0.6) is 5.75 Å². The molecule has 1 atom stereocenters. The molecule has 1 aliphatic rings. The van der Waals surface area contributed by atoms with E-state index < -0.39 is 5.97 Å². The van der Waals surface area contributed by atoms with Gasteiger partial charge in [0.25, 0.3) is 0 Å². The van der Waals surface area contributed by atoms with Gasteiger partial charge in [-0.05, 0) is 36.2 Å². The molecule has 2 heterocycles. The molecule has 0 radical (unpaired) electrons. The Morgan fingerprint density at radius 2 is 2.00 bits per heavy atom. The normalized spacial score (nSPS) is 14.5. The van der Waals surface area contributed by atoms with E-state index in [2.05, 4.69) is 9.88 Å². The van der Waals surface area contributed by atoms with Crippen molar-refractivity contribution in [3.05, 3.63) is 75.5 Å². The molecule has 1 aromatic heterocycles. The zero-order valence-corrected chi connectivity index (χ0v) is 19.8. The molecule has 2 aromatic carbocycles. The van der Waals surface area contributed by atoms with Crippen molar-refractivity contribution in [2.24, 2.45) is 5.92 Å². The maximum Gasteiger partial charge on any atom is 0.303 e. The summed E-state index contributed by atoms with van der Waals surface area (Å²) < 4.78 is 5.85. The standard InChI is InChI=1S/C25H25Cl2N3O3/c1-16(11-23(31)32)13-30-10-9-22-19(14-30)12-28-25(29-22)17-5-7-20(8-6-17)33-15-18-3-2-4-21(26)24(18)27/h2-8,12,16H,9-11,13-15H2,1H3,(H,31,32). The number of rotatable bonds is 8. The molecule has 1 aliphatic heterocycles. The fraction of sp³-hybridized carbons (Fsp3) is 0.320. The summed E-state index contributed by atoms with van der Waals surface area (Å²) in [6, 6.07) is 13.2. The van der Waals surface area contributed by atoms with Crippen LogP contribution in [0, 0.1) is 5.92 Å². The summed E-state index contributed by atoms with van der Waals surface area (Å²) in [5, 5.41) is 9.99. The molecule has 3 aromatic rings. The van der Waals surface area contributed by atoms with Crippen LogP contribution in [0.15, 0.2) is 48.7 Å². The number of carbonyl (C=O) groups is 1. The lowest BCUT2D eigenvalue weighted by Gasteiger charge is -2.29. The van der Waals surface area contributed by atoms with Crippen LogP contribution in [-0.4, -0.2) is 39.0 Å². The number of halogens is 2. The van der Waals surface area contributed by atoms with E-state index in [4.69, 9.17) is 38.0 Å². The number of hydrogen-bond acceptors (Lipinski definition) is 5. The highest BCUT2D eigenvalue weighted by molar-refractivity contribution is 6.42. The highest BCUT2D eigenvalue weighted by Crippen LogP contribution is 2.28. The van der Waals surface area contributed by atoms with Crippen LogP contribution in [0.25, 0.3) is 11.4 Å². The Kier molecular flexibility index (Phi) is 7.48. The lowest BCUT2D eigenvalue weighted by molar-refractivity contribution is -0.138. The molecule has 0 bridgehead atoms. The summed E-state index contributed by atoms with van der Waals surface area (Å²) >= 11 is 12.3. The number of aliphatic carboxylic acids is 1. The van der Waals surface area contributed by atoms with E-state index >= 15 is 0 Å². The molecule has 6 nitrogen and oxygen atoms in total. The van der Waals surface area contributed by atoms with Crippen molar-refractivity contribution in [2.75, 3.05) is 13.1 Å². The molecule has 0 saturated heterocycles. The van der Waals surface area contributed by atoms with Gasteiger partial charge in [-0.3, -0.25) is 9.69 Å². The van der Waals surface area contributed by atoms with E-state index in [1.165, 1.54) is 0 Å². The molecule has 172 valence electrons. The number of hydrogen-bond donors (Lipinski definition) is 1. The fourth-order valence-electron chi connectivity index (χ4n) is 3.99. The topological polar surface area (TPSA) is 75.5 Å². The molecule has 1 unspecified atom stereocenters. The summed E-state index contributed by atoms with van der Waals surface area (Å²) in [6.07, 6.45) is 2.90. The Morgan fingerprint density at radius 1 is 1.21 bits per heavy atom. The molecule has 0 saturated carbocycles. The molecular weight excluding hydrogens is 461 g/mol. The van der Waals surface area contributed by atoms with Gasteiger partial charge in [0.2, 0.25) is 0 Å². The van der Waals surface area contributed by atoms with E-state index in [9.17, 15) is 4.79 Å². The smallest absolute Gasteiger partial charge is 0.303 e. The lowest BCUT2D eigenvalue weighted by atomic mass is 10.0. The largest absolute Gasteiger partial charge is 0.489 e. The number of benzene rings is 2. The van der Waals surface area contributed by atoms with E-state index in [0.29, 0.717) is 22.5 Å². The Morgan fingerprint density at radius 3 is 2.76 bits per heavy atom. The molecule has 33 heavy (non-hydrogen) atoms. The predicted octanol–water partition coefficient (Wildman–Crippen LogP) is 5.50. The summed E-state index contributed by atoms with van der Waals surface area (Å²) in [4.78, 5) is 22.5. The summed E-state index contributed by atoms with van der Waals surface area (Å²) in [5.41, 5.74) is 3.91. The number of aromatic nitrogens is 2. The van der Waals surface area contributed by atoms with Crippen molar-refractivity contribution in [1.29, 1.82) is 0 Å². The minimum absolute atomic E-state index is 0.111. The van der Waals surface area contributed by atoms with Crippen molar-refractivity contribution in [2.45, 2.75) is 32.9 Å². The molecule has 8 heteroatoms. The van der Waals surface area contributed by atoms with Gasteiger partial charge in [-0.1, -0.05) is 42.3 Å². The van der Waals surface area contributed by atoms with Crippen molar-refractivity contribution in [1.82, 2.24) is 14.9 Å². The maximum atomic E-state index is 10.9. The van der Waals surface area contributed by atoms with Crippen LogP contribution < -0.4 is 4.74 Å². The minimum Gasteiger partial charge on any atom is -0.489 e. The Labute approximate surface area is 203 Å². The summed E-state index contributed by atoms with van der Waals surface area (Å²) in [6.45, 7) is 4.68. The molecule has 0 spiro atoms. The quantitative estimate of drug-likeness (QED) is 0.453. The average molecular weight is 486 g/mol. The zero-order chi connectivity index (χ0) is 23.4. The van der Waals surface area contributed by atoms with Crippen LogP contribution in [-0.2, 0) is 24.4 Å². The van der Waals surface area contributed by atoms with Crippen LogP contribution in [0.4, 0.5) is 0 Å². The monoisotopic (exact) mass is 485 g/mol. The van der Waals surface area contributed by atoms with Crippen molar-refractivity contribution in [3.63, 3.8) is 0 Å². The van der Waals surface area contributed by atoms with Gasteiger partial charge in [-0.25, -0.2) is 9.97 Å². The molecule has 1 N–H and O–H groups in total. The van der Waals surface area contributed by atoms with Crippen molar-refractivity contribution < 1.29 is 14.6 Å². The van der Waals surface area contributed by atoms with Crippen LogP contribution in [0.2, 0.25) is 10.0 Å². The van der Waals surface area contributed by atoms with E-state index in [1.807, 2.05) is 49.5 Å². The first kappa shape index (κ1) is 23.5. The first-order chi connectivity index (χ1) is 15.9. The van der Waals surface area contributed by atoms with Gasteiger partial charge in [-0.2, -0.15) is 0 Å². The van der Waals surface area contributed by atoms with Crippen LogP contribution in [0.3, 0.4) is 0 Å². The highest BCUT2D eigenvalue weighted by Gasteiger charge is 2.21. The molecule has 0 amide bonds. The SMILES string of the molecule is CC(CC(=O)O)CN1CCc2nc(-c3ccc(OCc4cccc(Cl)c4Cl)cc3)ncc2C1. The highest BCUT2D eigenvalue weighted by atomic mass is 35.5. The second-order valence-corrected chi connectivity index (χ2v) is 9.16. The maximum absolute atomic E-state index is 10.9. The Hall–Kier alpha value is -2.67. The Balaban J connectivity index is 1.38. The zero-order valence-electron chi connectivity index (χ0n) is 18.3. The van der Waals surface area contributed by atoms with E-state index in [1.54, 1.807) is 6.07 Å². The van der Waals surface area contributed by atoms with Crippen molar-refractivity contribution >= 4 is 29.2 Å². The van der Waals surface area contributed by atoms with Gasteiger partial charge in [0.05, 0.1) is 15.7 Å². The van der Waals surface area contributed by atoms with Gasteiger partial charge in [0.1, 0.15) is 12.4 Å². The Bertz CT molecular complexity index is 1140. The molecule has 4 rings (SSSR count). The molecular formula is C25H25Cl2N3O3. The summed E-state index contributed by atoms with van der Waals surface area (Å²) in [7, 11) is 0. The second kappa shape index (κ2) is 10.5. The van der Waals surface area contributed by atoms with E-state index in [0.717, 1.165) is 54.2 Å². The predicted molar refractivity (Wildman–Crippen MR) is 129 cm³/mol. The second-order valence-electron chi connectivity index (χ2n) is 8.38. The minimum atomic E-state index is -0.752. The fourth-order valence-corrected chi connectivity index (χ4v) is 4.37.